The Morgan fingerprint density at radius 1 is 1.23 bits per heavy atom. The van der Waals surface area contributed by atoms with Crippen LogP contribution in [0.15, 0.2) is 65.0 Å². The Morgan fingerprint density at radius 2 is 1.93 bits per heavy atom. The number of hydrogen-bond donors (Lipinski definition) is 0. The van der Waals surface area contributed by atoms with E-state index in [1.165, 1.54) is 35.6 Å². The SMILES string of the molecule is C=CCn1c(=NC(=O)c2ccc(S(=O)(=O)C(C)C)cc2)sc2cc(OCC)ccc21. The highest BCUT2D eigenvalue weighted by molar-refractivity contribution is 7.92. The number of rotatable bonds is 7. The maximum absolute atomic E-state index is 12.7. The quantitative estimate of drug-likeness (QED) is 0.512. The minimum Gasteiger partial charge on any atom is -0.494 e. The lowest BCUT2D eigenvalue weighted by Crippen LogP contribution is -2.16. The number of carbonyl (C=O) groups is 1. The van der Waals surface area contributed by atoms with Gasteiger partial charge in [-0.05, 0) is 63.2 Å². The van der Waals surface area contributed by atoms with Crippen LogP contribution in [0.25, 0.3) is 10.2 Å². The van der Waals surface area contributed by atoms with Gasteiger partial charge in [-0.1, -0.05) is 17.4 Å². The molecule has 158 valence electrons. The molecule has 0 fully saturated rings. The molecular weight excluding hydrogens is 420 g/mol. The van der Waals surface area contributed by atoms with Crippen LogP contribution in [0.3, 0.4) is 0 Å². The van der Waals surface area contributed by atoms with E-state index in [1.807, 2.05) is 29.7 Å². The molecule has 0 saturated heterocycles. The van der Waals surface area contributed by atoms with Crippen molar-refractivity contribution in [2.24, 2.45) is 4.99 Å². The van der Waals surface area contributed by atoms with Crippen molar-refractivity contribution in [2.75, 3.05) is 6.61 Å². The van der Waals surface area contributed by atoms with Gasteiger partial charge in [-0.25, -0.2) is 8.42 Å². The summed E-state index contributed by atoms with van der Waals surface area (Å²) >= 11 is 1.39. The van der Waals surface area contributed by atoms with Crippen molar-refractivity contribution in [1.29, 1.82) is 0 Å². The summed E-state index contributed by atoms with van der Waals surface area (Å²) in [6.07, 6.45) is 1.75. The van der Waals surface area contributed by atoms with Gasteiger partial charge in [0.1, 0.15) is 5.75 Å². The van der Waals surface area contributed by atoms with E-state index in [0.717, 1.165) is 16.0 Å². The molecule has 0 spiro atoms. The zero-order valence-corrected chi connectivity index (χ0v) is 18.8. The van der Waals surface area contributed by atoms with E-state index in [1.54, 1.807) is 19.9 Å². The number of nitrogens with zero attached hydrogens (tertiary/aromatic N) is 2. The van der Waals surface area contributed by atoms with Crippen LogP contribution in [-0.4, -0.2) is 30.7 Å². The molecule has 6 nitrogen and oxygen atoms in total. The highest BCUT2D eigenvalue weighted by Crippen LogP contribution is 2.24. The number of sulfone groups is 1. The van der Waals surface area contributed by atoms with E-state index in [4.69, 9.17) is 4.74 Å². The summed E-state index contributed by atoms with van der Waals surface area (Å²) in [7, 11) is -3.39. The summed E-state index contributed by atoms with van der Waals surface area (Å²) in [5.41, 5.74) is 1.27. The number of ether oxygens (including phenoxy) is 1. The minimum atomic E-state index is -3.39. The van der Waals surface area contributed by atoms with Crippen LogP contribution in [0.5, 0.6) is 5.75 Å². The number of allylic oxidation sites excluding steroid dienone is 1. The molecule has 1 heterocycles. The Bertz CT molecular complexity index is 1250. The molecule has 0 bridgehead atoms. The van der Waals surface area contributed by atoms with Crippen LogP contribution >= 0.6 is 11.3 Å². The number of aromatic nitrogens is 1. The lowest BCUT2D eigenvalue weighted by molar-refractivity contribution is 0.0998. The molecular formula is C22H24N2O4S2. The molecule has 0 aliphatic rings. The second kappa shape index (κ2) is 8.97. The first-order chi connectivity index (χ1) is 14.3. The van der Waals surface area contributed by atoms with Gasteiger partial charge in [-0.2, -0.15) is 4.99 Å². The van der Waals surface area contributed by atoms with Crippen LogP contribution in [0.2, 0.25) is 0 Å². The Hall–Kier alpha value is -2.71. The van der Waals surface area contributed by atoms with Gasteiger partial charge in [0.2, 0.25) is 0 Å². The molecule has 2 aromatic carbocycles. The number of hydrogen-bond acceptors (Lipinski definition) is 5. The van der Waals surface area contributed by atoms with Gasteiger partial charge in [0.25, 0.3) is 5.91 Å². The molecule has 8 heteroatoms. The van der Waals surface area contributed by atoms with Crippen molar-refractivity contribution >= 4 is 37.3 Å². The molecule has 0 N–H and O–H groups in total. The van der Waals surface area contributed by atoms with Gasteiger partial charge in [0.05, 0.1) is 27.0 Å². The summed E-state index contributed by atoms with van der Waals surface area (Å²) in [5.74, 6) is 0.328. The molecule has 3 rings (SSSR count). The second-order valence-electron chi connectivity index (χ2n) is 6.88. The van der Waals surface area contributed by atoms with Crippen molar-refractivity contribution < 1.29 is 17.9 Å². The van der Waals surface area contributed by atoms with E-state index in [-0.39, 0.29) is 4.90 Å². The van der Waals surface area contributed by atoms with Gasteiger partial charge in [0.15, 0.2) is 14.6 Å². The van der Waals surface area contributed by atoms with Gasteiger partial charge >= 0.3 is 0 Å². The van der Waals surface area contributed by atoms with E-state index in [9.17, 15) is 13.2 Å². The van der Waals surface area contributed by atoms with Gasteiger partial charge in [-0.3, -0.25) is 4.79 Å². The predicted molar refractivity (Wildman–Crippen MR) is 120 cm³/mol. The summed E-state index contributed by atoms with van der Waals surface area (Å²) < 4.78 is 33.0. The van der Waals surface area contributed by atoms with E-state index in [2.05, 4.69) is 11.6 Å². The molecule has 30 heavy (non-hydrogen) atoms. The fourth-order valence-corrected chi connectivity index (χ4v) is 5.04. The number of fused-ring (bicyclic) bond motifs is 1. The standard InChI is InChI=1S/C22H24N2O4S2/c1-5-13-24-19-12-9-17(28-6-2)14-20(19)29-22(24)23-21(25)16-7-10-18(11-8-16)30(26,27)15(3)4/h5,7-12,14-15H,1,6,13H2,2-4H3. The average Bonchev–Trinajstić information content (AvgIpc) is 3.05. The molecule has 0 atom stereocenters. The Kier molecular flexibility index (Phi) is 6.58. The number of thiazole rings is 1. The monoisotopic (exact) mass is 444 g/mol. The lowest BCUT2D eigenvalue weighted by atomic mass is 10.2. The van der Waals surface area contributed by atoms with Crippen LogP contribution in [-0.2, 0) is 16.4 Å². The summed E-state index contributed by atoms with van der Waals surface area (Å²) in [5, 5.41) is -0.526. The Morgan fingerprint density at radius 3 is 2.53 bits per heavy atom. The number of benzene rings is 2. The van der Waals surface area contributed by atoms with Crippen molar-refractivity contribution in [1.82, 2.24) is 4.57 Å². The van der Waals surface area contributed by atoms with E-state index in [0.29, 0.717) is 23.5 Å². The molecule has 3 aromatic rings. The number of carbonyl (C=O) groups excluding carboxylic acids is 1. The minimum absolute atomic E-state index is 0.195. The first-order valence-electron chi connectivity index (χ1n) is 9.58. The zero-order chi connectivity index (χ0) is 21.9. The largest absolute Gasteiger partial charge is 0.494 e. The maximum Gasteiger partial charge on any atom is 0.279 e. The predicted octanol–water partition coefficient (Wildman–Crippen LogP) is 4.21. The highest BCUT2D eigenvalue weighted by Gasteiger charge is 2.19. The summed E-state index contributed by atoms with van der Waals surface area (Å²) in [6, 6.07) is 11.7. The Labute approximate surface area is 180 Å². The first kappa shape index (κ1) is 22.0. The molecule has 1 amide bonds. The molecule has 0 radical (unpaired) electrons. The van der Waals surface area contributed by atoms with Crippen molar-refractivity contribution in [2.45, 2.75) is 37.5 Å². The third-order valence-corrected chi connectivity index (χ3v) is 7.74. The van der Waals surface area contributed by atoms with Crippen LogP contribution in [0, 0.1) is 0 Å². The molecule has 0 aliphatic heterocycles. The zero-order valence-electron chi connectivity index (χ0n) is 17.2. The van der Waals surface area contributed by atoms with Gasteiger partial charge in [0, 0.05) is 12.1 Å². The molecule has 0 unspecified atom stereocenters. The normalized spacial score (nSPS) is 12.5. The fraction of sp³-hybridized carbons (Fsp3) is 0.273. The summed E-state index contributed by atoms with van der Waals surface area (Å²) in [4.78, 5) is 17.8. The topological polar surface area (TPSA) is 77.7 Å². The van der Waals surface area contributed by atoms with Crippen LogP contribution < -0.4 is 9.54 Å². The molecule has 0 aliphatic carbocycles. The third-order valence-electron chi connectivity index (χ3n) is 4.52. The Balaban J connectivity index is 2.02. The van der Waals surface area contributed by atoms with E-state index < -0.39 is 21.0 Å². The van der Waals surface area contributed by atoms with Crippen molar-refractivity contribution in [3.8, 4) is 5.75 Å². The number of amides is 1. The second-order valence-corrected chi connectivity index (χ2v) is 10.4. The van der Waals surface area contributed by atoms with Crippen molar-refractivity contribution in [3.63, 3.8) is 0 Å². The van der Waals surface area contributed by atoms with Crippen molar-refractivity contribution in [3.05, 3.63) is 65.5 Å². The van der Waals surface area contributed by atoms with E-state index >= 15 is 0 Å². The highest BCUT2D eigenvalue weighted by atomic mass is 32.2. The molecule has 1 aromatic heterocycles. The third kappa shape index (κ3) is 4.39. The lowest BCUT2D eigenvalue weighted by Gasteiger charge is -2.07. The first-order valence-corrected chi connectivity index (χ1v) is 11.9. The smallest absolute Gasteiger partial charge is 0.279 e. The molecule has 0 saturated carbocycles. The van der Waals surface area contributed by atoms with Crippen LogP contribution in [0.4, 0.5) is 0 Å². The summed E-state index contributed by atoms with van der Waals surface area (Å²) in [6.45, 7) is 10.0. The van der Waals surface area contributed by atoms with Gasteiger partial charge < -0.3 is 9.30 Å². The van der Waals surface area contributed by atoms with Gasteiger partial charge in [-0.15, -0.1) is 6.58 Å². The van der Waals surface area contributed by atoms with Crippen LogP contribution in [0.1, 0.15) is 31.1 Å². The fourth-order valence-electron chi connectivity index (χ4n) is 2.91. The maximum atomic E-state index is 12.7. The average molecular weight is 445 g/mol.